The maximum absolute atomic E-state index is 6.50. The number of ether oxygens (including phenoxy) is 1. The monoisotopic (exact) mass is 380 g/mol. The topological polar surface area (TPSA) is 25.4 Å². The molecule has 0 spiro atoms. The summed E-state index contributed by atoms with van der Waals surface area (Å²) < 4.78 is 6.50. The first-order valence-electron chi connectivity index (χ1n) is 10.1. The molecule has 0 radical (unpaired) electrons. The lowest BCUT2D eigenvalue weighted by Crippen LogP contribution is -2.27. The van der Waals surface area contributed by atoms with Gasteiger partial charge in [0.05, 0.1) is 5.52 Å². The molecular weight excluding hydrogens is 356 g/mol. The first kappa shape index (κ1) is 17.9. The Labute approximate surface area is 171 Å². The van der Waals surface area contributed by atoms with Gasteiger partial charge >= 0.3 is 0 Å². The quantitative estimate of drug-likeness (QED) is 0.457. The maximum atomic E-state index is 6.50. The summed E-state index contributed by atoms with van der Waals surface area (Å²) in [4.78, 5) is 7.35. The van der Waals surface area contributed by atoms with Crippen LogP contribution >= 0.6 is 0 Å². The normalized spacial score (nSPS) is 16.8. The summed E-state index contributed by atoms with van der Waals surface area (Å²) in [7, 11) is 0. The van der Waals surface area contributed by atoms with E-state index in [0.717, 1.165) is 36.6 Å². The first-order chi connectivity index (χ1) is 14.2. The van der Waals surface area contributed by atoms with E-state index in [2.05, 4.69) is 90.7 Å². The van der Waals surface area contributed by atoms with Crippen molar-refractivity contribution < 1.29 is 4.74 Å². The summed E-state index contributed by atoms with van der Waals surface area (Å²) in [6.45, 7) is 4.66. The van der Waals surface area contributed by atoms with Crippen molar-refractivity contribution in [3.05, 3.63) is 107 Å². The van der Waals surface area contributed by atoms with E-state index in [1.165, 1.54) is 22.1 Å². The Morgan fingerprint density at radius 2 is 1.69 bits per heavy atom. The van der Waals surface area contributed by atoms with Crippen molar-refractivity contribution in [3.8, 4) is 5.88 Å². The summed E-state index contributed by atoms with van der Waals surface area (Å²) in [5, 5.41) is 1.17. The predicted octanol–water partition coefficient (Wildman–Crippen LogP) is 5.68. The van der Waals surface area contributed by atoms with Gasteiger partial charge in [-0.15, -0.1) is 0 Å². The van der Waals surface area contributed by atoms with Crippen LogP contribution in [-0.4, -0.2) is 16.4 Å². The summed E-state index contributed by atoms with van der Waals surface area (Å²) in [6.07, 6.45) is -0.0449. The Balaban J connectivity index is 1.56. The zero-order valence-electron chi connectivity index (χ0n) is 16.6. The zero-order valence-corrected chi connectivity index (χ0v) is 16.6. The number of hydrogen-bond donors (Lipinski definition) is 0. The van der Waals surface area contributed by atoms with Crippen LogP contribution in [0, 0.1) is 6.92 Å². The molecule has 0 amide bonds. The molecule has 0 aliphatic carbocycles. The molecule has 5 rings (SSSR count). The fraction of sp³-hybridized carbons (Fsp3) is 0.192. The first-order valence-corrected chi connectivity index (χ1v) is 10.1. The van der Waals surface area contributed by atoms with Crippen LogP contribution in [0.2, 0.25) is 0 Å². The van der Waals surface area contributed by atoms with Gasteiger partial charge in [0.2, 0.25) is 5.88 Å². The minimum Gasteiger partial charge on any atom is -0.468 e. The lowest BCUT2D eigenvalue weighted by molar-refractivity contribution is 0.140. The van der Waals surface area contributed by atoms with E-state index in [4.69, 9.17) is 9.72 Å². The highest BCUT2D eigenvalue weighted by Gasteiger charge is 2.25. The van der Waals surface area contributed by atoms with Crippen LogP contribution in [0.1, 0.15) is 28.4 Å². The molecule has 1 aromatic heterocycles. The van der Waals surface area contributed by atoms with Gasteiger partial charge in [-0.3, -0.25) is 4.90 Å². The van der Waals surface area contributed by atoms with Gasteiger partial charge in [0.15, 0.2) is 0 Å². The molecule has 0 saturated carbocycles. The van der Waals surface area contributed by atoms with Gasteiger partial charge < -0.3 is 4.74 Å². The zero-order chi connectivity index (χ0) is 19.6. The Hall–Kier alpha value is -3.17. The summed E-state index contributed by atoms with van der Waals surface area (Å²) in [5.74, 6) is 0.755. The van der Waals surface area contributed by atoms with Crippen molar-refractivity contribution in [1.29, 1.82) is 0 Å². The predicted molar refractivity (Wildman–Crippen MR) is 117 cm³/mol. The molecular formula is C26H24N2O. The fourth-order valence-corrected chi connectivity index (χ4v) is 4.05. The second-order valence-electron chi connectivity index (χ2n) is 7.82. The number of fused-ring (bicyclic) bond motifs is 2. The van der Waals surface area contributed by atoms with E-state index in [1.807, 2.05) is 6.07 Å². The SMILES string of the molecule is Cc1ccc2nc3c(cc2c1)CN(Cc1ccccc1)C[C@@H](c1ccccc1)O3. The third-order valence-corrected chi connectivity index (χ3v) is 5.50. The minimum atomic E-state index is -0.0449. The molecule has 0 unspecified atom stereocenters. The molecule has 3 aromatic carbocycles. The summed E-state index contributed by atoms with van der Waals surface area (Å²) in [5.41, 5.74) is 5.88. The number of aromatic nitrogens is 1. The molecule has 4 aromatic rings. The van der Waals surface area contributed by atoms with Gasteiger partial charge in [-0.25, -0.2) is 4.98 Å². The average Bonchev–Trinajstić information content (AvgIpc) is 2.92. The number of aryl methyl sites for hydroxylation is 1. The van der Waals surface area contributed by atoms with Crippen LogP contribution in [-0.2, 0) is 13.1 Å². The van der Waals surface area contributed by atoms with E-state index in [1.54, 1.807) is 0 Å². The number of nitrogens with zero attached hydrogens (tertiary/aromatic N) is 2. The Bertz CT molecular complexity index is 1130. The minimum absolute atomic E-state index is 0.0449. The highest BCUT2D eigenvalue weighted by molar-refractivity contribution is 5.81. The molecule has 1 aliphatic rings. The van der Waals surface area contributed by atoms with E-state index in [9.17, 15) is 0 Å². The van der Waals surface area contributed by atoms with E-state index in [-0.39, 0.29) is 6.10 Å². The van der Waals surface area contributed by atoms with Gasteiger partial charge in [0.1, 0.15) is 6.10 Å². The molecule has 3 heteroatoms. The van der Waals surface area contributed by atoms with Crippen molar-refractivity contribution in [2.45, 2.75) is 26.1 Å². The second-order valence-corrected chi connectivity index (χ2v) is 7.82. The highest BCUT2D eigenvalue weighted by Crippen LogP contribution is 2.33. The molecule has 3 nitrogen and oxygen atoms in total. The molecule has 0 bridgehead atoms. The lowest BCUT2D eigenvalue weighted by atomic mass is 10.1. The van der Waals surface area contributed by atoms with E-state index in [0.29, 0.717) is 0 Å². The number of pyridine rings is 1. The van der Waals surface area contributed by atoms with Gasteiger partial charge in [-0.1, -0.05) is 72.3 Å². The smallest absolute Gasteiger partial charge is 0.219 e. The molecule has 29 heavy (non-hydrogen) atoms. The lowest BCUT2D eigenvalue weighted by Gasteiger charge is -2.24. The highest BCUT2D eigenvalue weighted by atomic mass is 16.5. The molecule has 1 atom stereocenters. The standard InChI is InChI=1S/C26H24N2O/c1-19-12-13-24-22(14-19)15-23-17-28(16-20-8-4-2-5-9-20)18-25(29-26(23)27-24)21-10-6-3-7-11-21/h2-15,25H,16-18H2,1H3/t25-/m0/s1. The fourth-order valence-electron chi connectivity index (χ4n) is 4.05. The van der Waals surface area contributed by atoms with Crippen LogP contribution in [0.25, 0.3) is 10.9 Å². The number of rotatable bonds is 3. The van der Waals surface area contributed by atoms with Crippen LogP contribution in [0.5, 0.6) is 5.88 Å². The Morgan fingerprint density at radius 1 is 0.931 bits per heavy atom. The van der Waals surface area contributed by atoms with Crippen molar-refractivity contribution >= 4 is 10.9 Å². The number of benzene rings is 3. The van der Waals surface area contributed by atoms with Crippen LogP contribution < -0.4 is 4.74 Å². The van der Waals surface area contributed by atoms with Gasteiger partial charge in [0.25, 0.3) is 0 Å². The van der Waals surface area contributed by atoms with Crippen molar-refractivity contribution in [2.24, 2.45) is 0 Å². The molecule has 0 saturated heterocycles. The largest absolute Gasteiger partial charge is 0.468 e. The summed E-state index contributed by atoms with van der Waals surface area (Å²) >= 11 is 0. The van der Waals surface area contributed by atoms with E-state index < -0.39 is 0 Å². The van der Waals surface area contributed by atoms with Gasteiger partial charge in [-0.2, -0.15) is 0 Å². The Kier molecular flexibility index (Phi) is 4.74. The van der Waals surface area contributed by atoms with Crippen molar-refractivity contribution in [2.75, 3.05) is 6.54 Å². The maximum Gasteiger partial charge on any atom is 0.219 e. The van der Waals surface area contributed by atoms with Gasteiger partial charge in [0, 0.05) is 30.6 Å². The Morgan fingerprint density at radius 3 is 2.48 bits per heavy atom. The molecule has 1 aliphatic heterocycles. The second kappa shape index (κ2) is 7.69. The van der Waals surface area contributed by atoms with E-state index >= 15 is 0 Å². The number of hydrogen-bond acceptors (Lipinski definition) is 3. The van der Waals surface area contributed by atoms with Crippen LogP contribution in [0.15, 0.2) is 84.9 Å². The third-order valence-electron chi connectivity index (χ3n) is 5.50. The summed E-state index contributed by atoms with van der Waals surface area (Å²) in [6, 6.07) is 29.7. The third kappa shape index (κ3) is 3.87. The molecule has 144 valence electrons. The molecule has 0 N–H and O–H groups in total. The van der Waals surface area contributed by atoms with Crippen LogP contribution in [0.4, 0.5) is 0 Å². The molecule has 2 heterocycles. The average molecular weight is 380 g/mol. The van der Waals surface area contributed by atoms with Gasteiger partial charge in [-0.05, 0) is 36.2 Å². The van der Waals surface area contributed by atoms with Crippen molar-refractivity contribution in [3.63, 3.8) is 0 Å². The van der Waals surface area contributed by atoms with Crippen molar-refractivity contribution in [1.82, 2.24) is 9.88 Å². The van der Waals surface area contributed by atoms with Crippen LogP contribution in [0.3, 0.4) is 0 Å². The molecule has 0 fully saturated rings.